The molecule has 1 aromatic carbocycles. The Morgan fingerprint density at radius 2 is 2.00 bits per heavy atom. The van der Waals surface area contributed by atoms with Gasteiger partial charge >= 0.3 is 0 Å². The number of benzene rings is 1. The van der Waals surface area contributed by atoms with Crippen molar-refractivity contribution in [3.05, 3.63) is 62.9 Å². The highest BCUT2D eigenvalue weighted by molar-refractivity contribution is 6.36. The van der Waals surface area contributed by atoms with Crippen molar-refractivity contribution in [3.8, 4) is 11.3 Å². The Morgan fingerprint density at radius 1 is 1.20 bits per heavy atom. The molecule has 0 aliphatic heterocycles. The number of halogens is 2. The lowest BCUT2D eigenvalue weighted by Gasteiger charge is -1.95. The molecular formula is C13H7Cl2N3O2. The van der Waals surface area contributed by atoms with Gasteiger partial charge in [0.2, 0.25) is 0 Å². The van der Waals surface area contributed by atoms with Crippen molar-refractivity contribution in [1.29, 1.82) is 0 Å². The molecule has 0 bridgehead atoms. The van der Waals surface area contributed by atoms with E-state index < -0.39 is 4.92 Å². The number of aromatic nitrogens is 2. The summed E-state index contributed by atoms with van der Waals surface area (Å²) in [6.07, 6.45) is 3.41. The van der Waals surface area contributed by atoms with E-state index in [9.17, 15) is 10.1 Å². The molecule has 0 amide bonds. The van der Waals surface area contributed by atoms with Gasteiger partial charge in [-0.05, 0) is 6.07 Å². The lowest BCUT2D eigenvalue weighted by atomic mass is 10.1. The number of nitrogens with zero attached hydrogens (tertiary/aromatic N) is 3. The van der Waals surface area contributed by atoms with E-state index in [0.29, 0.717) is 26.9 Å². The summed E-state index contributed by atoms with van der Waals surface area (Å²) < 4.78 is 1.69. The van der Waals surface area contributed by atoms with Gasteiger partial charge in [0.05, 0.1) is 20.7 Å². The van der Waals surface area contributed by atoms with Crippen LogP contribution in [-0.2, 0) is 0 Å². The lowest BCUT2D eigenvalue weighted by molar-refractivity contribution is -0.384. The first kappa shape index (κ1) is 12.9. The first-order valence-corrected chi connectivity index (χ1v) is 6.39. The SMILES string of the molecule is O=[N+]([O-])c1cccc(-c2cn3cc(Cl)cc(Cl)c3n2)c1. The summed E-state index contributed by atoms with van der Waals surface area (Å²) in [5, 5.41) is 11.7. The van der Waals surface area contributed by atoms with Gasteiger partial charge in [0, 0.05) is 30.1 Å². The number of hydrogen-bond donors (Lipinski definition) is 0. The molecule has 0 fully saturated rings. The smallest absolute Gasteiger partial charge is 0.270 e. The van der Waals surface area contributed by atoms with Gasteiger partial charge in [-0.25, -0.2) is 4.98 Å². The average molecular weight is 308 g/mol. The van der Waals surface area contributed by atoms with Gasteiger partial charge in [-0.2, -0.15) is 0 Å². The van der Waals surface area contributed by atoms with Crippen molar-refractivity contribution in [2.75, 3.05) is 0 Å². The number of nitro benzene ring substituents is 1. The molecule has 3 rings (SSSR count). The van der Waals surface area contributed by atoms with E-state index in [1.54, 1.807) is 35.0 Å². The van der Waals surface area contributed by atoms with Crippen LogP contribution in [0.2, 0.25) is 10.0 Å². The van der Waals surface area contributed by atoms with Crippen LogP contribution in [0.15, 0.2) is 42.7 Å². The van der Waals surface area contributed by atoms with Gasteiger partial charge in [-0.3, -0.25) is 10.1 Å². The molecule has 0 N–H and O–H groups in total. The van der Waals surface area contributed by atoms with Gasteiger partial charge < -0.3 is 4.40 Å². The molecule has 0 aliphatic rings. The maximum Gasteiger partial charge on any atom is 0.270 e. The fraction of sp³-hybridized carbons (Fsp3) is 0. The molecule has 0 saturated heterocycles. The molecule has 0 unspecified atom stereocenters. The van der Waals surface area contributed by atoms with Crippen LogP contribution in [0.3, 0.4) is 0 Å². The van der Waals surface area contributed by atoms with Crippen molar-refractivity contribution < 1.29 is 4.92 Å². The third-order valence-electron chi connectivity index (χ3n) is 2.83. The maximum absolute atomic E-state index is 10.8. The summed E-state index contributed by atoms with van der Waals surface area (Å²) in [5.41, 5.74) is 1.81. The Morgan fingerprint density at radius 3 is 2.75 bits per heavy atom. The van der Waals surface area contributed by atoms with E-state index in [2.05, 4.69) is 4.98 Å². The van der Waals surface area contributed by atoms with Crippen LogP contribution in [0.4, 0.5) is 5.69 Å². The first-order chi connectivity index (χ1) is 9.54. The summed E-state index contributed by atoms with van der Waals surface area (Å²) in [5.74, 6) is 0. The van der Waals surface area contributed by atoms with Crippen LogP contribution in [-0.4, -0.2) is 14.3 Å². The molecular weight excluding hydrogens is 301 g/mol. The maximum atomic E-state index is 10.8. The van der Waals surface area contributed by atoms with E-state index in [1.165, 1.54) is 12.1 Å². The highest BCUT2D eigenvalue weighted by Gasteiger charge is 2.11. The Hall–Kier alpha value is -2.11. The van der Waals surface area contributed by atoms with Gasteiger partial charge in [0.15, 0.2) is 5.65 Å². The summed E-state index contributed by atoms with van der Waals surface area (Å²) in [6.45, 7) is 0. The van der Waals surface area contributed by atoms with Gasteiger partial charge in [0.25, 0.3) is 5.69 Å². The van der Waals surface area contributed by atoms with Gasteiger partial charge in [-0.1, -0.05) is 35.3 Å². The Labute approximate surface area is 123 Å². The Bertz CT molecular complexity index is 830. The van der Waals surface area contributed by atoms with Crippen molar-refractivity contribution in [3.63, 3.8) is 0 Å². The second-order valence-corrected chi connectivity index (χ2v) is 5.01. The molecule has 0 spiro atoms. The van der Waals surface area contributed by atoms with Crippen LogP contribution >= 0.6 is 23.2 Å². The second kappa shape index (κ2) is 4.77. The number of non-ortho nitro benzene ring substituents is 1. The minimum atomic E-state index is -0.441. The van der Waals surface area contributed by atoms with Gasteiger partial charge in [0.1, 0.15) is 0 Å². The molecule has 0 aliphatic carbocycles. The number of pyridine rings is 1. The van der Waals surface area contributed by atoms with Crippen LogP contribution < -0.4 is 0 Å². The molecule has 7 heteroatoms. The van der Waals surface area contributed by atoms with Crippen LogP contribution in [0.25, 0.3) is 16.9 Å². The fourth-order valence-electron chi connectivity index (χ4n) is 1.94. The molecule has 3 aromatic rings. The zero-order valence-electron chi connectivity index (χ0n) is 9.96. The Balaban J connectivity index is 2.17. The van der Waals surface area contributed by atoms with Crippen molar-refractivity contribution in [2.45, 2.75) is 0 Å². The minimum Gasteiger partial charge on any atom is -0.304 e. The number of fused-ring (bicyclic) bond motifs is 1. The average Bonchev–Trinajstić information content (AvgIpc) is 2.83. The zero-order chi connectivity index (χ0) is 14.3. The van der Waals surface area contributed by atoms with E-state index in [4.69, 9.17) is 23.2 Å². The highest BCUT2D eigenvalue weighted by Crippen LogP contribution is 2.27. The third-order valence-corrected chi connectivity index (χ3v) is 3.31. The number of hydrogen-bond acceptors (Lipinski definition) is 3. The molecule has 0 saturated carbocycles. The largest absolute Gasteiger partial charge is 0.304 e. The summed E-state index contributed by atoms with van der Waals surface area (Å²) in [7, 11) is 0. The summed E-state index contributed by atoms with van der Waals surface area (Å²) in [6, 6.07) is 7.87. The van der Waals surface area contributed by atoms with E-state index >= 15 is 0 Å². The fourth-order valence-corrected chi connectivity index (χ4v) is 2.47. The normalized spacial score (nSPS) is 10.9. The monoisotopic (exact) mass is 307 g/mol. The predicted octanol–water partition coefficient (Wildman–Crippen LogP) is 4.22. The van der Waals surface area contributed by atoms with E-state index in [0.717, 1.165) is 0 Å². The number of rotatable bonds is 2. The Kier molecular flexibility index (Phi) is 3.08. The van der Waals surface area contributed by atoms with Crippen LogP contribution in [0, 0.1) is 10.1 Å². The molecule has 20 heavy (non-hydrogen) atoms. The number of nitro groups is 1. The lowest BCUT2D eigenvalue weighted by Crippen LogP contribution is -1.87. The van der Waals surface area contributed by atoms with Crippen LogP contribution in [0.5, 0.6) is 0 Å². The number of imidazole rings is 1. The molecule has 5 nitrogen and oxygen atoms in total. The van der Waals surface area contributed by atoms with E-state index in [-0.39, 0.29) is 5.69 Å². The zero-order valence-corrected chi connectivity index (χ0v) is 11.5. The quantitative estimate of drug-likeness (QED) is 0.526. The van der Waals surface area contributed by atoms with Gasteiger partial charge in [-0.15, -0.1) is 0 Å². The van der Waals surface area contributed by atoms with Crippen molar-refractivity contribution >= 4 is 34.5 Å². The minimum absolute atomic E-state index is 0.0173. The first-order valence-electron chi connectivity index (χ1n) is 5.63. The van der Waals surface area contributed by atoms with Crippen LogP contribution in [0.1, 0.15) is 0 Å². The van der Waals surface area contributed by atoms with Crippen molar-refractivity contribution in [2.24, 2.45) is 0 Å². The molecule has 2 aromatic heterocycles. The summed E-state index contributed by atoms with van der Waals surface area (Å²) >= 11 is 12.0. The standard InChI is InChI=1S/C13H7Cl2N3O2/c14-9-5-11(15)13-16-12(7-17(13)6-9)8-2-1-3-10(4-8)18(19)20/h1-7H. The third kappa shape index (κ3) is 2.21. The highest BCUT2D eigenvalue weighted by atomic mass is 35.5. The molecule has 2 heterocycles. The molecule has 0 atom stereocenters. The van der Waals surface area contributed by atoms with Crippen molar-refractivity contribution in [1.82, 2.24) is 9.38 Å². The predicted molar refractivity (Wildman–Crippen MR) is 77.3 cm³/mol. The second-order valence-electron chi connectivity index (χ2n) is 4.17. The topological polar surface area (TPSA) is 60.4 Å². The van der Waals surface area contributed by atoms with E-state index in [1.807, 2.05) is 0 Å². The molecule has 100 valence electrons. The summed E-state index contributed by atoms with van der Waals surface area (Å²) in [4.78, 5) is 14.7. The molecule has 0 radical (unpaired) electrons.